The predicted octanol–water partition coefficient (Wildman–Crippen LogP) is 1.27. The zero-order valence-electron chi connectivity index (χ0n) is 12.1. The van der Waals surface area contributed by atoms with Gasteiger partial charge in [-0.05, 0) is 32.9 Å². The molecular formula is C14H20N2O4. The number of aliphatic hydroxyl groups excluding tert-OH is 1. The standard InChI is InChI=1S/C14H20N2O4/c1-8-5-6-12(11(7-8)9(2)17)20-10(3)13(18)16-14(19)15-4/h5-7,9-10,17H,1-4H3,(H2,15,16,18,19)/t9-,10?/m0/s1. The Balaban J connectivity index is 2.82. The maximum absolute atomic E-state index is 11.7. The molecule has 0 spiro atoms. The van der Waals surface area contributed by atoms with Crippen LogP contribution in [0, 0.1) is 6.92 Å². The number of carbonyl (C=O) groups excluding carboxylic acids is 2. The van der Waals surface area contributed by atoms with E-state index in [1.165, 1.54) is 14.0 Å². The number of imide groups is 1. The Morgan fingerprint density at radius 3 is 2.50 bits per heavy atom. The average molecular weight is 280 g/mol. The fourth-order valence-electron chi connectivity index (χ4n) is 1.62. The van der Waals surface area contributed by atoms with Crippen LogP contribution in [-0.2, 0) is 4.79 Å². The number of amides is 3. The van der Waals surface area contributed by atoms with Gasteiger partial charge in [0.15, 0.2) is 6.10 Å². The first-order valence-corrected chi connectivity index (χ1v) is 6.33. The van der Waals surface area contributed by atoms with Gasteiger partial charge in [-0.25, -0.2) is 4.79 Å². The van der Waals surface area contributed by atoms with Crippen molar-refractivity contribution in [2.45, 2.75) is 33.0 Å². The lowest BCUT2D eigenvalue weighted by Crippen LogP contribution is -2.44. The molecule has 6 heteroatoms. The Labute approximate surface area is 118 Å². The molecule has 0 aliphatic rings. The lowest BCUT2D eigenvalue weighted by atomic mass is 10.1. The number of benzene rings is 1. The SMILES string of the molecule is CNC(=O)NC(=O)C(C)Oc1ccc(C)cc1[C@H](C)O. The zero-order chi connectivity index (χ0) is 15.3. The molecule has 0 saturated carbocycles. The molecule has 0 fully saturated rings. The molecule has 3 N–H and O–H groups in total. The number of rotatable bonds is 4. The highest BCUT2D eigenvalue weighted by Gasteiger charge is 2.19. The van der Waals surface area contributed by atoms with E-state index in [0.717, 1.165) is 5.56 Å². The minimum Gasteiger partial charge on any atom is -0.481 e. The number of urea groups is 1. The van der Waals surface area contributed by atoms with E-state index >= 15 is 0 Å². The molecule has 0 bridgehead atoms. The van der Waals surface area contributed by atoms with Crippen LogP contribution in [0.5, 0.6) is 5.75 Å². The van der Waals surface area contributed by atoms with E-state index in [1.807, 2.05) is 13.0 Å². The van der Waals surface area contributed by atoms with Gasteiger partial charge in [0.25, 0.3) is 5.91 Å². The van der Waals surface area contributed by atoms with Crippen LogP contribution in [0.4, 0.5) is 4.79 Å². The highest BCUT2D eigenvalue weighted by atomic mass is 16.5. The van der Waals surface area contributed by atoms with Gasteiger partial charge in [-0.15, -0.1) is 0 Å². The van der Waals surface area contributed by atoms with E-state index in [0.29, 0.717) is 11.3 Å². The van der Waals surface area contributed by atoms with Gasteiger partial charge in [0.2, 0.25) is 0 Å². The van der Waals surface area contributed by atoms with Gasteiger partial charge in [0, 0.05) is 12.6 Å². The van der Waals surface area contributed by atoms with Gasteiger partial charge in [-0.1, -0.05) is 11.6 Å². The van der Waals surface area contributed by atoms with Gasteiger partial charge in [0.05, 0.1) is 6.10 Å². The first kappa shape index (κ1) is 16.0. The van der Waals surface area contributed by atoms with Gasteiger partial charge < -0.3 is 15.2 Å². The van der Waals surface area contributed by atoms with Crippen molar-refractivity contribution in [1.29, 1.82) is 0 Å². The average Bonchev–Trinajstić information content (AvgIpc) is 2.40. The number of ether oxygens (including phenoxy) is 1. The second-order valence-electron chi connectivity index (χ2n) is 4.55. The Morgan fingerprint density at radius 2 is 1.95 bits per heavy atom. The summed E-state index contributed by atoms with van der Waals surface area (Å²) in [4.78, 5) is 22.8. The van der Waals surface area contributed by atoms with E-state index in [9.17, 15) is 14.7 Å². The van der Waals surface area contributed by atoms with Gasteiger partial charge >= 0.3 is 6.03 Å². The summed E-state index contributed by atoms with van der Waals surface area (Å²) in [6.45, 7) is 5.05. The lowest BCUT2D eigenvalue weighted by Gasteiger charge is -2.18. The predicted molar refractivity (Wildman–Crippen MR) is 74.5 cm³/mol. The second-order valence-corrected chi connectivity index (χ2v) is 4.55. The van der Waals surface area contributed by atoms with Crippen LogP contribution in [0.2, 0.25) is 0 Å². The summed E-state index contributed by atoms with van der Waals surface area (Å²) >= 11 is 0. The van der Waals surface area contributed by atoms with Crippen molar-refractivity contribution in [3.8, 4) is 5.75 Å². The molecule has 0 aliphatic carbocycles. The summed E-state index contributed by atoms with van der Waals surface area (Å²) in [6.07, 6.45) is -1.56. The molecule has 1 rings (SSSR count). The fourth-order valence-corrected chi connectivity index (χ4v) is 1.62. The molecule has 3 amide bonds. The Morgan fingerprint density at radius 1 is 1.30 bits per heavy atom. The Bertz CT molecular complexity index is 500. The molecule has 0 radical (unpaired) electrons. The maximum atomic E-state index is 11.7. The van der Waals surface area contributed by atoms with E-state index in [1.54, 1.807) is 19.1 Å². The van der Waals surface area contributed by atoms with Crippen molar-refractivity contribution in [2.75, 3.05) is 7.05 Å². The molecule has 0 saturated heterocycles. The molecular weight excluding hydrogens is 260 g/mol. The quantitative estimate of drug-likeness (QED) is 0.775. The largest absolute Gasteiger partial charge is 0.481 e. The maximum Gasteiger partial charge on any atom is 0.321 e. The Hall–Kier alpha value is -2.08. The van der Waals surface area contributed by atoms with Gasteiger partial charge in [-0.3, -0.25) is 10.1 Å². The molecule has 1 aromatic carbocycles. The van der Waals surface area contributed by atoms with E-state index < -0.39 is 24.1 Å². The number of aliphatic hydroxyl groups is 1. The van der Waals surface area contributed by atoms with Crippen molar-refractivity contribution in [2.24, 2.45) is 0 Å². The number of aryl methyl sites for hydroxylation is 1. The monoisotopic (exact) mass is 280 g/mol. The van der Waals surface area contributed by atoms with E-state index in [4.69, 9.17) is 4.74 Å². The Kier molecular flexibility index (Phi) is 5.52. The number of carbonyl (C=O) groups is 2. The zero-order valence-corrected chi connectivity index (χ0v) is 12.1. The lowest BCUT2D eigenvalue weighted by molar-refractivity contribution is -0.126. The number of hydrogen-bond donors (Lipinski definition) is 3. The number of hydrogen-bond acceptors (Lipinski definition) is 4. The molecule has 0 heterocycles. The van der Waals surface area contributed by atoms with Crippen LogP contribution in [0.1, 0.15) is 31.1 Å². The molecule has 0 aliphatic heterocycles. The smallest absolute Gasteiger partial charge is 0.321 e. The van der Waals surface area contributed by atoms with Crippen molar-refractivity contribution in [3.63, 3.8) is 0 Å². The minimum absolute atomic E-state index is 0.421. The van der Waals surface area contributed by atoms with Crippen molar-refractivity contribution in [1.82, 2.24) is 10.6 Å². The van der Waals surface area contributed by atoms with Gasteiger partial charge in [-0.2, -0.15) is 0 Å². The number of nitrogens with one attached hydrogen (secondary N) is 2. The third kappa shape index (κ3) is 4.24. The van der Waals surface area contributed by atoms with Gasteiger partial charge in [0.1, 0.15) is 5.75 Å². The van der Waals surface area contributed by atoms with E-state index in [2.05, 4.69) is 10.6 Å². The van der Waals surface area contributed by atoms with Crippen LogP contribution >= 0.6 is 0 Å². The summed E-state index contributed by atoms with van der Waals surface area (Å²) in [5.74, 6) is -0.133. The molecule has 110 valence electrons. The summed E-state index contributed by atoms with van der Waals surface area (Å²) in [5.41, 5.74) is 1.58. The first-order valence-electron chi connectivity index (χ1n) is 6.33. The van der Waals surface area contributed by atoms with Crippen molar-refractivity contribution >= 4 is 11.9 Å². The van der Waals surface area contributed by atoms with Crippen molar-refractivity contribution in [3.05, 3.63) is 29.3 Å². The van der Waals surface area contributed by atoms with Crippen LogP contribution < -0.4 is 15.4 Å². The summed E-state index contributed by atoms with van der Waals surface area (Å²) in [6, 6.07) is 4.72. The molecule has 1 aromatic rings. The highest BCUT2D eigenvalue weighted by Crippen LogP contribution is 2.27. The highest BCUT2D eigenvalue weighted by molar-refractivity contribution is 5.96. The third-order valence-corrected chi connectivity index (χ3v) is 2.75. The molecule has 6 nitrogen and oxygen atoms in total. The van der Waals surface area contributed by atoms with E-state index in [-0.39, 0.29) is 0 Å². The van der Waals surface area contributed by atoms with Crippen LogP contribution in [-0.4, -0.2) is 30.2 Å². The second kappa shape index (κ2) is 6.91. The van der Waals surface area contributed by atoms with Crippen LogP contribution in [0.15, 0.2) is 18.2 Å². The third-order valence-electron chi connectivity index (χ3n) is 2.75. The summed E-state index contributed by atoms with van der Waals surface area (Å²) < 4.78 is 5.52. The summed E-state index contributed by atoms with van der Waals surface area (Å²) in [7, 11) is 1.42. The molecule has 2 atom stereocenters. The van der Waals surface area contributed by atoms with Crippen molar-refractivity contribution < 1.29 is 19.4 Å². The first-order chi connectivity index (χ1) is 9.35. The van der Waals surface area contributed by atoms with Crippen LogP contribution in [0.25, 0.3) is 0 Å². The summed E-state index contributed by atoms with van der Waals surface area (Å²) in [5, 5.41) is 14.1. The van der Waals surface area contributed by atoms with Crippen LogP contribution in [0.3, 0.4) is 0 Å². The fraction of sp³-hybridized carbons (Fsp3) is 0.429. The molecule has 20 heavy (non-hydrogen) atoms. The minimum atomic E-state index is -0.854. The normalized spacial score (nSPS) is 13.2. The molecule has 0 aromatic heterocycles. The topological polar surface area (TPSA) is 87.7 Å². The molecule has 1 unspecified atom stereocenters.